The number of hydrogen-bond donors (Lipinski definition) is 0. The number of nitrogens with zero attached hydrogens (tertiary/aromatic N) is 4. The van der Waals surface area contributed by atoms with Crippen molar-refractivity contribution in [1.29, 1.82) is 0 Å². The predicted molar refractivity (Wildman–Crippen MR) is 114 cm³/mol. The van der Waals surface area contributed by atoms with Crippen molar-refractivity contribution >= 4 is 28.8 Å². The highest BCUT2D eigenvalue weighted by molar-refractivity contribution is 6.31. The van der Waals surface area contributed by atoms with Crippen LogP contribution in [0.2, 0.25) is 10.0 Å². The molecular weight excluding hydrogens is 407 g/mol. The lowest BCUT2D eigenvalue weighted by Crippen LogP contribution is -2.24. The number of fused-ring (bicyclic) bond motifs is 1. The van der Waals surface area contributed by atoms with Gasteiger partial charge in [-0.3, -0.25) is 4.79 Å². The van der Waals surface area contributed by atoms with Crippen LogP contribution < -0.4 is 5.56 Å². The molecule has 0 bridgehead atoms. The van der Waals surface area contributed by atoms with Gasteiger partial charge in [0.15, 0.2) is 5.65 Å². The van der Waals surface area contributed by atoms with Gasteiger partial charge >= 0.3 is 0 Å². The fraction of sp³-hybridized carbons (Fsp3) is 0.182. The molecule has 0 aliphatic heterocycles. The fourth-order valence-electron chi connectivity index (χ4n) is 3.45. The summed E-state index contributed by atoms with van der Waals surface area (Å²) in [5.74, 6) is 0.541. The number of aromatic nitrogens is 4. The van der Waals surface area contributed by atoms with Crippen molar-refractivity contribution in [2.24, 2.45) is 5.92 Å². The van der Waals surface area contributed by atoms with E-state index in [9.17, 15) is 4.79 Å². The van der Waals surface area contributed by atoms with E-state index in [1.165, 1.54) is 4.52 Å². The summed E-state index contributed by atoms with van der Waals surface area (Å²) in [6.07, 6.45) is 4.64. The standard InChI is InChI=1S/C22H16Cl2N4O/c23-16-7-3-14(4-8-16)18-12-25-28-21(20(18)15-5-9-17(24)10-6-15)27-26-19(22(28)29)11-13-1-2-13/h3-10,12-13H,1-2,11H2. The van der Waals surface area contributed by atoms with Crippen LogP contribution in [-0.4, -0.2) is 19.8 Å². The first-order valence-electron chi connectivity index (χ1n) is 9.39. The quantitative estimate of drug-likeness (QED) is 0.460. The summed E-state index contributed by atoms with van der Waals surface area (Å²) in [5.41, 5.74) is 4.10. The smallest absolute Gasteiger partial charge is 0.265 e. The van der Waals surface area contributed by atoms with E-state index in [1.54, 1.807) is 6.20 Å². The molecule has 0 radical (unpaired) electrons. The molecule has 2 aromatic heterocycles. The highest BCUT2D eigenvalue weighted by Gasteiger charge is 2.25. The molecule has 0 N–H and O–H groups in total. The number of benzene rings is 2. The highest BCUT2D eigenvalue weighted by atomic mass is 35.5. The van der Waals surface area contributed by atoms with Gasteiger partial charge in [-0.1, -0.05) is 47.5 Å². The maximum atomic E-state index is 13.0. The Balaban J connectivity index is 1.77. The van der Waals surface area contributed by atoms with Crippen molar-refractivity contribution in [2.75, 3.05) is 0 Å². The van der Waals surface area contributed by atoms with Crippen molar-refractivity contribution in [3.63, 3.8) is 0 Å². The van der Waals surface area contributed by atoms with Crippen LogP contribution in [0.1, 0.15) is 18.5 Å². The van der Waals surface area contributed by atoms with Crippen molar-refractivity contribution in [3.8, 4) is 22.3 Å². The van der Waals surface area contributed by atoms with E-state index >= 15 is 0 Å². The van der Waals surface area contributed by atoms with E-state index in [0.717, 1.165) is 35.1 Å². The fourth-order valence-corrected chi connectivity index (χ4v) is 3.70. The van der Waals surface area contributed by atoms with Gasteiger partial charge < -0.3 is 0 Å². The molecule has 0 atom stereocenters. The average Bonchev–Trinajstić information content (AvgIpc) is 3.55. The Bertz CT molecular complexity index is 1260. The van der Waals surface area contributed by atoms with Crippen LogP contribution in [0.15, 0.2) is 59.5 Å². The maximum absolute atomic E-state index is 13.0. The van der Waals surface area contributed by atoms with Crippen LogP contribution in [0.3, 0.4) is 0 Å². The number of halogens is 2. The molecule has 1 saturated carbocycles. The summed E-state index contributed by atoms with van der Waals surface area (Å²) in [7, 11) is 0. The largest absolute Gasteiger partial charge is 0.296 e. The molecule has 1 aliphatic rings. The average molecular weight is 423 g/mol. The van der Waals surface area contributed by atoms with Crippen LogP contribution in [-0.2, 0) is 6.42 Å². The lowest BCUT2D eigenvalue weighted by molar-refractivity contribution is 0.724. The van der Waals surface area contributed by atoms with Crippen LogP contribution in [0.25, 0.3) is 27.9 Å². The van der Waals surface area contributed by atoms with E-state index < -0.39 is 0 Å². The monoisotopic (exact) mass is 422 g/mol. The third kappa shape index (κ3) is 3.52. The molecule has 1 aliphatic carbocycles. The molecule has 2 aromatic carbocycles. The first kappa shape index (κ1) is 18.3. The Morgan fingerprint density at radius 2 is 1.52 bits per heavy atom. The van der Waals surface area contributed by atoms with E-state index in [-0.39, 0.29) is 5.56 Å². The molecule has 0 amide bonds. The van der Waals surface area contributed by atoms with Gasteiger partial charge in [-0.25, -0.2) is 0 Å². The van der Waals surface area contributed by atoms with E-state index in [4.69, 9.17) is 23.2 Å². The zero-order valence-corrected chi connectivity index (χ0v) is 16.9. The van der Waals surface area contributed by atoms with Gasteiger partial charge in [-0.15, -0.1) is 10.2 Å². The Kier molecular flexibility index (Phi) is 4.57. The van der Waals surface area contributed by atoms with Gasteiger partial charge in [0.1, 0.15) is 5.69 Å². The van der Waals surface area contributed by atoms with E-state index in [2.05, 4.69) is 15.3 Å². The third-order valence-electron chi connectivity index (χ3n) is 5.17. The Hall–Kier alpha value is -2.76. The first-order chi connectivity index (χ1) is 14.1. The summed E-state index contributed by atoms with van der Waals surface area (Å²) >= 11 is 12.1. The third-order valence-corrected chi connectivity index (χ3v) is 5.67. The predicted octanol–water partition coefficient (Wildman–Crippen LogP) is 5.08. The number of hydrogen-bond acceptors (Lipinski definition) is 4. The summed E-state index contributed by atoms with van der Waals surface area (Å²) in [4.78, 5) is 13.0. The molecule has 144 valence electrons. The lowest BCUT2D eigenvalue weighted by atomic mass is 9.97. The van der Waals surface area contributed by atoms with Crippen LogP contribution in [0.4, 0.5) is 0 Å². The second-order valence-corrected chi connectivity index (χ2v) is 8.15. The van der Waals surface area contributed by atoms with Crippen LogP contribution in [0.5, 0.6) is 0 Å². The van der Waals surface area contributed by atoms with Crippen molar-refractivity contribution < 1.29 is 0 Å². The van der Waals surface area contributed by atoms with Gasteiger partial charge in [-0.2, -0.15) is 9.61 Å². The minimum absolute atomic E-state index is 0.209. The summed E-state index contributed by atoms with van der Waals surface area (Å²) < 4.78 is 1.36. The van der Waals surface area contributed by atoms with Crippen LogP contribution >= 0.6 is 23.2 Å². The molecule has 7 heteroatoms. The molecule has 0 unspecified atom stereocenters. The van der Waals surface area contributed by atoms with Gasteiger partial charge in [0.2, 0.25) is 0 Å². The van der Waals surface area contributed by atoms with E-state index in [1.807, 2.05) is 48.5 Å². The van der Waals surface area contributed by atoms with Crippen molar-refractivity contribution in [3.05, 3.63) is 80.8 Å². The van der Waals surface area contributed by atoms with Crippen LogP contribution in [0, 0.1) is 5.92 Å². The Morgan fingerprint density at radius 3 is 2.14 bits per heavy atom. The number of rotatable bonds is 4. The minimum atomic E-state index is -0.209. The normalized spacial score (nSPS) is 13.7. The molecule has 0 spiro atoms. The molecule has 29 heavy (non-hydrogen) atoms. The Morgan fingerprint density at radius 1 is 0.897 bits per heavy atom. The second kappa shape index (κ2) is 7.25. The van der Waals surface area contributed by atoms with Gasteiger partial charge in [0, 0.05) is 27.6 Å². The molecule has 0 saturated heterocycles. The van der Waals surface area contributed by atoms with Gasteiger partial charge in [-0.05, 0) is 54.2 Å². The summed E-state index contributed by atoms with van der Waals surface area (Å²) in [6.45, 7) is 0. The SMILES string of the molecule is O=c1c(CC2CC2)nnc2c(-c3ccc(Cl)cc3)c(-c3ccc(Cl)cc3)cnn12. The Labute approximate surface area is 176 Å². The van der Waals surface area contributed by atoms with E-state index in [0.29, 0.717) is 33.7 Å². The highest BCUT2D eigenvalue weighted by Crippen LogP contribution is 2.35. The van der Waals surface area contributed by atoms with Crippen molar-refractivity contribution in [1.82, 2.24) is 19.8 Å². The topological polar surface area (TPSA) is 60.2 Å². The van der Waals surface area contributed by atoms with Gasteiger partial charge in [0.05, 0.1) is 6.20 Å². The molecule has 1 fully saturated rings. The van der Waals surface area contributed by atoms with Crippen molar-refractivity contribution in [2.45, 2.75) is 19.3 Å². The maximum Gasteiger partial charge on any atom is 0.296 e. The first-order valence-corrected chi connectivity index (χ1v) is 10.2. The lowest BCUT2D eigenvalue weighted by Gasteiger charge is -2.13. The molecule has 5 nitrogen and oxygen atoms in total. The molecule has 4 aromatic rings. The zero-order chi connectivity index (χ0) is 20.0. The summed E-state index contributed by atoms with van der Waals surface area (Å²) in [6, 6.07) is 14.9. The molecular formula is C22H16Cl2N4O. The van der Waals surface area contributed by atoms with Gasteiger partial charge in [0.25, 0.3) is 5.56 Å². The summed E-state index contributed by atoms with van der Waals surface area (Å²) in [5, 5.41) is 14.4. The minimum Gasteiger partial charge on any atom is -0.265 e. The molecule has 2 heterocycles. The second-order valence-electron chi connectivity index (χ2n) is 7.28. The molecule has 5 rings (SSSR count). The zero-order valence-electron chi connectivity index (χ0n) is 15.3.